The minimum Gasteiger partial charge on any atom is -0.378 e. The van der Waals surface area contributed by atoms with Gasteiger partial charge in [0, 0.05) is 35.9 Å². The number of nitrogens with zero attached hydrogens (tertiary/aromatic N) is 2. The Morgan fingerprint density at radius 1 is 1.21 bits per heavy atom. The Morgan fingerprint density at radius 2 is 1.93 bits per heavy atom. The Kier molecular flexibility index (Phi) is 6.94. The van der Waals surface area contributed by atoms with Crippen molar-refractivity contribution in [2.45, 2.75) is 13.0 Å². The molecule has 0 saturated carbocycles. The van der Waals surface area contributed by atoms with E-state index in [9.17, 15) is 4.79 Å². The molecule has 0 aromatic heterocycles. The normalized spacial score (nSPS) is 15.5. The molecule has 5 nitrogen and oxygen atoms in total. The predicted molar refractivity (Wildman–Crippen MR) is 114 cm³/mol. The number of benzene rings is 2. The highest BCUT2D eigenvalue weighted by molar-refractivity contribution is 6.30. The van der Waals surface area contributed by atoms with Gasteiger partial charge in [0.2, 0.25) is 0 Å². The lowest BCUT2D eigenvalue weighted by atomic mass is 10.0. The quantitative estimate of drug-likeness (QED) is 0.804. The van der Waals surface area contributed by atoms with Gasteiger partial charge in [-0.15, -0.1) is 0 Å². The summed E-state index contributed by atoms with van der Waals surface area (Å²) in [5, 5.41) is 3.80. The van der Waals surface area contributed by atoms with Gasteiger partial charge in [-0.05, 0) is 56.4 Å². The second-order valence-corrected chi connectivity index (χ2v) is 7.73. The number of morpholine rings is 1. The number of carbonyl (C=O) groups is 1. The van der Waals surface area contributed by atoms with Crippen LogP contribution in [-0.2, 0) is 4.74 Å². The van der Waals surface area contributed by atoms with E-state index in [1.807, 2.05) is 57.4 Å². The van der Waals surface area contributed by atoms with Crippen LogP contribution in [0.4, 0.5) is 5.69 Å². The molecule has 1 saturated heterocycles. The first-order valence-corrected chi connectivity index (χ1v) is 9.97. The number of hydrogen-bond acceptors (Lipinski definition) is 4. The Labute approximate surface area is 172 Å². The van der Waals surface area contributed by atoms with Crippen molar-refractivity contribution in [1.82, 2.24) is 10.2 Å². The topological polar surface area (TPSA) is 44.8 Å². The number of rotatable bonds is 6. The minimum absolute atomic E-state index is 0.0467. The summed E-state index contributed by atoms with van der Waals surface area (Å²) in [4.78, 5) is 17.3. The molecule has 6 heteroatoms. The van der Waals surface area contributed by atoms with E-state index in [4.69, 9.17) is 16.3 Å². The molecule has 0 unspecified atom stereocenters. The number of halogens is 1. The number of ether oxygens (including phenoxy) is 1. The molecule has 1 aliphatic rings. The molecule has 2 aromatic carbocycles. The van der Waals surface area contributed by atoms with Crippen LogP contribution in [0.5, 0.6) is 0 Å². The van der Waals surface area contributed by atoms with E-state index in [1.54, 1.807) is 0 Å². The highest BCUT2D eigenvalue weighted by Gasteiger charge is 2.20. The molecule has 1 N–H and O–H groups in total. The third-order valence-corrected chi connectivity index (χ3v) is 5.45. The molecular weight excluding hydrogens is 374 g/mol. The summed E-state index contributed by atoms with van der Waals surface area (Å²) in [6.07, 6.45) is 0. The van der Waals surface area contributed by atoms with Crippen LogP contribution < -0.4 is 10.2 Å². The van der Waals surface area contributed by atoms with E-state index in [-0.39, 0.29) is 11.9 Å². The van der Waals surface area contributed by atoms with Crippen molar-refractivity contribution in [2.75, 3.05) is 51.8 Å². The maximum absolute atomic E-state index is 12.9. The number of amides is 1. The molecule has 1 atom stereocenters. The summed E-state index contributed by atoms with van der Waals surface area (Å²) in [5.74, 6) is -0.0542. The highest BCUT2D eigenvalue weighted by Crippen LogP contribution is 2.25. The largest absolute Gasteiger partial charge is 0.378 e. The molecule has 3 rings (SSSR count). The van der Waals surface area contributed by atoms with Crippen LogP contribution in [0.15, 0.2) is 42.5 Å². The van der Waals surface area contributed by atoms with Gasteiger partial charge in [0.25, 0.3) is 5.91 Å². The summed E-state index contributed by atoms with van der Waals surface area (Å²) in [5.41, 5.74) is 3.91. The van der Waals surface area contributed by atoms with Gasteiger partial charge in [-0.1, -0.05) is 29.8 Å². The molecule has 1 fully saturated rings. The number of hydrogen-bond donors (Lipinski definition) is 1. The van der Waals surface area contributed by atoms with Crippen LogP contribution in [0.25, 0.3) is 0 Å². The molecule has 2 aromatic rings. The molecule has 28 heavy (non-hydrogen) atoms. The molecule has 1 heterocycles. The average molecular weight is 402 g/mol. The third kappa shape index (κ3) is 4.85. The molecule has 0 bridgehead atoms. The Morgan fingerprint density at radius 3 is 2.61 bits per heavy atom. The number of nitrogens with one attached hydrogen (secondary N) is 1. The Hall–Kier alpha value is -2.08. The zero-order valence-electron chi connectivity index (χ0n) is 16.7. The summed E-state index contributed by atoms with van der Waals surface area (Å²) >= 11 is 6.14. The summed E-state index contributed by atoms with van der Waals surface area (Å²) in [7, 11) is 4.00. The predicted octanol–water partition coefficient (Wildman–Crippen LogP) is 3.52. The lowest BCUT2D eigenvalue weighted by Gasteiger charge is -2.30. The maximum Gasteiger partial charge on any atom is 0.251 e. The van der Waals surface area contributed by atoms with Gasteiger partial charge in [-0.2, -0.15) is 0 Å². The van der Waals surface area contributed by atoms with Crippen molar-refractivity contribution in [1.29, 1.82) is 0 Å². The number of anilines is 1. The first kappa shape index (κ1) is 20.6. The van der Waals surface area contributed by atoms with E-state index in [0.717, 1.165) is 43.1 Å². The smallest absolute Gasteiger partial charge is 0.251 e. The van der Waals surface area contributed by atoms with E-state index in [2.05, 4.69) is 21.2 Å². The van der Waals surface area contributed by atoms with Gasteiger partial charge in [-0.3, -0.25) is 4.79 Å². The molecule has 0 radical (unpaired) electrons. The van der Waals surface area contributed by atoms with Crippen molar-refractivity contribution in [3.8, 4) is 0 Å². The maximum atomic E-state index is 12.9. The van der Waals surface area contributed by atoms with E-state index in [1.165, 1.54) is 0 Å². The molecule has 1 aliphatic heterocycles. The van der Waals surface area contributed by atoms with Crippen LogP contribution >= 0.6 is 11.6 Å². The zero-order valence-corrected chi connectivity index (χ0v) is 17.5. The van der Waals surface area contributed by atoms with Crippen molar-refractivity contribution < 1.29 is 9.53 Å². The Bertz CT molecular complexity index is 819. The van der Waals surface area contributed by atoms with Crippen molar-refractivity contribution in [2.24, 2.45) is 0 Å². The first-order chi connectivity index (χ1) is 13.5. The van der Waals surface area contributed by atoms with Crippen LogP contribution in [0.1, 0.15) is 27.5 Å². The number of carbonyl (C=O) groups excluding carboxylic acids is 1. The molecule has 0 aliphatic carbocycles. The number of likely N-dealkylation sites (N-methyl/N-ethyl adjacent to an activating group) is 1. The minimum atomic E-state index is -0.0542. The van der Waals surface area contributed by atoms with Gasteiger partial charge in [0.15, 0.2) is 0 Å². The third-order valence-electron chi connectivity index (χ3n) is 5.21. The summed E-state index contributed by atoms with van der Waals surface area (Å²) in [6, 6.07) is 13.7. The van der Waals surface area contributed by atoms with Crippen molar-refractivity contribution >= 4 is 23.2 Å². The zero-order chi connectivity index (χ0) is 20.1. The molecule has 1 amide bonds. The average Bonchev–Trinajstić information content (AvgIpc) is 2.68. The van der Waals surface area contributed by atoms with Crippen LogP contribution in [-0.4, -0.2) is 57.8 Å². The lowest BCUT2D eigenvalue weighted by Crippen LogP contribution is -2.37. The molecule has 150 valence electrons. The lowest BCUT2D eigenvalue weighted by molar-refractivity contribution is 0.0941. The van der Waals surface area contributed by atoms with Crippen molar-refractivity contribution in [3.63, 3.8) is 0 Å². The first-order valence-electron chi connectivity index (χ1n) is 9.60. The second kappa shape index (κ2) is 9.41. The van der Waals surface area contributed by atoms with Gasteiger partial charge in [-0.25, -0.2) is 0 Å². The molecular formula is C22H28ClN3O2. The van der Waals surface area contributed by atoms with E-state index in [0.29, 0.717) is 17.1 Å². The van der Waals surface area contributed by atoms with Crippen LogP contribution in [0, 0.1) is 6.92 Å². The van der Waals surface area contributed by atoms with Gasteiger partial charge in [0.1, 0.15) is 0 Å². The van der Waals surface area contributed by atoms with Gasteiger partial charge < -0.3 is 19.9 Å². The standard InChI is InChI=1S/C22H28ClN3O2/c1-16-19(8-5-9-20(16)26-10-12-28-13-11-26)22(27)24-15-21(25(2)3)17-6-4-7-18(23)14-17/h4-9,14,21H,10-13,15H2,1-3H3,(H,24,27)/t21-/m0/s1. The van der Waals surface area contributed by atoms with Gasteiger partial charge in [0.05, 0.1) is 19.3 Å². The van der Waals surface area contributed by atoms with E-state index < -0.39 is 0 Å². The monoisotopic (exact) mass is 401 g/mol. The highest BCUT2D eigenvalue weighted by atomic mass is 35.5. The fourth-order valence-electron chi connectivity index (χ4n) is 3.61. The fourth-order valence-corrected chi connectivity index (χ4v) is 3.81. The Balaban J connectivity index is 1.73. The summed E-state index contributed by atoms with van der Waals surface area (Å²) < 4.78 is 5.44. The van der Waals surface area contributed by atoms with Crippen LogP contribution in [0.3, 0.4) is 0 Å². The SMILES string of the molecule is Cc1c(C(=O)NC[C@@H](c2cccc(Cl)c2)N(C)C)cccc1N1CCOCC1. The molecule has 0 spiro atoms. The van der Waals surface area contributed by atoms with Crippen LogP contribution in [0.2, 0.25) is 5.02 Å². The van der Waals surface area contributed by atoms with Gasteiger partial charge >= 0.3 is 0 Å². The van der Waals surface area contributed by atoms with Crippen molar-refractivity contribution in [3.05, 3.63) is 64.2 Å². The second-order valence-electron chi connectivity index (χ2n) is 7.29. The fraction of sp³-hybridized carbons (Fsp3) is 0.409. The van der Waals surface area contributed by atoms with E-state index >= 15 is 0 Å². The summed E-state index contributed by atoms with van der Waals surface area (Å²) in [6.45, 7) is 5.67.